The largest absolute Gasteiger partial charge is 0.306 e. The van der Waals surface area contributed by atoms with Gasteiger partial charge >= 0.3 is 0 Å². The molecule has 6 heteroatoms. The van der Waals surface area contributed by atoms with Crippen molar-refractivity contribution < 1.29 is 0 Å². The molecule has 2 aromatic heterocycles. The van der Waals surface area contributed by atoms with Gasteiger partial charge in [0.1, 0.15) is 0 Å². The Morgan fingerprint density at radius 2 is 1.95 bits per heavy atom. The van der Waals surface area contributed by atoms with Crippen LogP contribution in [0.25, 0.3) is 10.2 Å². The Morgan fingerprint density at radius 3 is 2.76 bits per heavy atom. The highest BCUT2D eigenvalue weighted by Crippen LogP contribution is 2.33. The van der Waals surface area contributed by atoms with Crippen LogP contribution in [-0.4, -0.2) is 40.0 Å². The molecule has 1 saturated heterocycles. The van der Waals surface area contributed by atoms with Crippen LogP contribution in [0, 0.1) is 0 Å². The van der Waals surface area contributed by atoms with E-state index in [9.17, 15) is 4.79 Å². The fraction of sp³-hybridized carbons (Fsp3) is 0.667. The minimum absolute atomic E-state index is 0.0916. The molecule has 2 aromatic rings. The summed E-state index contributed by atoms with van der Waals surface area (Å²) >= 11 is 1.67. The van der Waals surface area contributed by atoms with Crippen LogP contribution in [0.5, 0.6) is 0 Å². The zero-order valence-corrected chi connectivity index (χ0v) is 13.2. The quantitative estimate of drug-likeness (QED) is 0.808. The molecule has 0 bridgehead atoms. The third-order valence-corrected chi connectivity index (χ3v) is 6.02. The van der Waals surface area contributed by atoms with E-state index in [0.717, 1.165) is 49.0 Å². The summed E-state index contributed by atoms with van der Waals surface area (Å²) in [5.74, 6) is 0. The number of hydrogen-bond acceptors (Lipinski definition) is 5. The maximum Gasteiger partial charge on any atom is 0.279 e. The highest BCUT2D eigenvalue weighted by Gasteiger charge is 2.25. The molecule has 21 heavy (non-hydrogen) atoms. The molecule has 0 spiro atoms. The van der Waals surface area contributed by atoms with E-state index in [0.29, 0.717) is 0 Å². The molecular formula is C15H20N4OS. The second kappa shape index (κ2) is 5.18. The van der Waals surface area contributed by atoms with E-state index in [2.05, 4.69) is 22.3 Å². The molecule has 0 unspecified atom stereocenters. The predicted molar refractivity (Wildman–Crippen MR) is 84.1 cm³/mol. The molecule has 0 N–H and O–H groups in total. The molecule has 0 aromatic carbocycles. The van der Waals surface area contributed by atoms with Crippen LogP contribution in [0.2, 0.25) is 0 Å². The van der Waals surface area contributed by atoms with Crippen molar-refractivity contribution in [1.82, 2.24) is 19.9 Å². The molecule has 3 heterocycles. The second-order valence-corrected chi connectivity index (χ2v) is 7.35. The lowest BCUT2D eigenvalue weighted by Crippen LogP contribution is -2.37. The van der Waals surface area contributed by atoms with Crippen molar-refractivity contribution in [2.45, 2.75) is 44.6 Å². The minimum Gasteiger partial charge on any atom is -0.306 e. The lowest BCUT2D eigenvalue weighted by Gasteiger charge is -2.28. The molecule has 0 saturated carbocycles. The highest BCUT2D eigenvalue weighted by molar-refractivity contribution is 7.18. The first-order valence-corrected chi connectivity index (χ1v) is 8.64. The average molecular weight is 304 g/mol. The summed E-state index contributed by atoms with van der Waals surface area (Å²) in [6.07, 6.45) is 6.53. The van der Waals surface area contributed by atoms with Crippen LogP contribution in [0.4, 0.5) is 0 Å². The molecule has 112 valence electrons. The number of piperidine rings is 1. The third-order valence-electron chi connectivity index (χ3n) is 4.84. The number of fused-ring (bicyclic) bond motifs is 3. The van der Waals surface area contributed by atoms with E-state index < -0.39 is 0 Å². The molecule has 0 amide bonds. The van der Waals surface area contributed by atoms with Gasteiger partial charge in [0.2, 0.25) is 0 Å². The summed E-state index contributed by atoms with van der Waals surface area (Å²) in [6.45, 7) is 2.05. The van der Waals surface area contributed by atoms with Crippen LogP contribution < -0.4 is 5.56 Å². The van der Waals surface area contributed by atoms with E-state index in [4.69, 9.17) is 0 Å². The Kier molecular flexibility index (Phi) is 3.30. The lowest BCUT2D eigenvalue weighted by atomic mass is 9.97. The number of nitrogens with zero attached hydrogens (tertiary/aromatic N) is 4. The van der Waals surface area contributed by atoms with Gasteiger partial charge < -0.3 is 4.90 Å². The van der Waals surface area contributed by atoms with Crippen LogP contribution >= 0.6 is 11.3 Å². The monoisotopic (exact) mass is 304 g/mol. The van der Waals surface area contributed by atoms with E-state index >= 15 is 0 Å². The predicted octanol–water partition coefficient (Wildman–Crippen LogP) is 2.00. The van der Waals surface area contributed by atoms with Crippen molar-refractivity contribution in [3.8, 4) is 0 Å². The first-order chi connectivity index (χ1) is 10.2. The molecule has 0 radical (unpaired) electrons. The van der Waals surface area contributed by atoms with Gasteiger partial charge in [0.15, 0.2) is 4.83 Å². The van der Waals surface area contributed by atoms with Crippen molar-refractivity contribution in [3.63, 3.8) is 0 Å². The molecule has 2 aliphatic rings. The summed E-state index contributed by atoms with van der Waals surface area (Å²) in [5.41, 5.74) is 1.36. The van der Waals surface area contributed by atoms with Crippen LogP contribution in [0.1, 0.15) is 42.2 Å². The van der Waals surface area contributed by atoms with Gasteiger partial charge in [-0.05, 0) is 64.2 Å². The SMILES string of the molecule is CN1CCC(n2nnc3sc4c(c3c2=O)CCCC4)CC1. The Morgan fingerprint density at radius 1 is 1.19 bits per heavy atom. The Balaban J connectivity index is 1.81. The smallest absolute Gasteiger partial charge is 0.279 e. The van der Waals surface area contributed by atoms with Crippen molar-refractivity contribution in [2.75, 3.05) is 20.1 Å². The van der Waals surface area contributed by atoms with Gasteiger partial charge in [-0.1, -0.05) is 5.21 Å². The normalized spacial score (nSPS) is 20.8. The second-order valence-electron chi connectivity index (χ2n) is 6.26. The zero-order valence-electron chi connectivity index (χ0n) is 12.3. The zero-order chi connectivity index (χ0) is 14.4. The third kappa shape index (κ3) is 2.21. The Hall–Kier alpha value is -1.27. The fourth-order valence-electron chi connectivity index (χ4n) is 3.56. The Bertz CT molecular complexity index is 727. The standard InChI is InChI=1S/C15H20N4OS/c1-18-8-6-10(7-9-18)19-15(20)13-11-4-2-3-5-12(11)21-14(13)16-17-19/h10H,2-9H2,1H3. The number of rotatable bonds is 1. The topological polar surface area (TPSA) is 51.0 Å². The van der Waals surface area contributed by atoms with Crippen molar-refractivity contribution >= 4 is 21.6 Å². The number of thiophene rings is 1. The van der Waals surface area contributed by atoms with Gasteiger partial charge in [0.05, 0.1) is 11.4 Å². The molecular weight excluding hydrogens is 284 g/mol. The van der Waals surface area contributed by atoms with Crippen molar-refractivity contribution in [3.05, 3.63) is 20.8 Å². The van der Waals surface area contributed by atoms with Gasteiger partial charge in [-0.3, -0.25) is 4.79 Å². The number of likely N-dealkylation sites (tertiary alicyclic amines) is 1. The van der Waals surface area contributed by atoms with E-state index in [1.165, 1.54) is 23.3 Å². The summed E-state index contributed by atoms with van der Waals surface area (Å²) in [4.78, 5) is 17.4. The number of aromatic nitrogens is 3. The van der Waals surface area contributed by atoms with Crippen LogP contribution in [0.15, 0.2) is 4.79 Å². The highest BCUT2D eigenvalue weighted by atomic mass is 32.1. The van der Waals surface area contributed by atoms with Crippen molar-refractivity contribution in [1.29, 1.82) is 0 Å². The van der Waals surface area contributed by atoms with Gasteiger partial charge in [-0.15, -0.1) is 16.4 Å². The van der Waals surface area contributed by atoms with Gasteiger partial charge in [0.25, 0.3) is 5.56 Å². The minimum atomic E-state index is 0.0916. The fourth-order valence-corrected chi connectivity index (χ4v) is 4.76. The molecule has 1 aliphatic carbocycles. The number of hydrogen-bond donors (Lipinski definition) is 0. The van der Waals surface area contributed by atoms with Gasteiger partial charge in [0, 0.05) is 4.88 Å². The molecule has 1 aliphatic heterocycles. The maximum atomic E-state index is 12.9. The molecule has 4 rings (SSSR count). The van der Waals surface area contributed by atoms with E-state index in [1.807, 2.05) is 0 Å². The maximum absolute atomic E-state index is 12.9. The summed E-state index contributed by atoms with van der Waals surface area (Å²) < 4.78 is 1.66. The lowest BCUT2D eigenvalue weighted by molar-refractivity contribution is 0.206. The van der Waals surface area contributed by atoms with Gasteiger partial charge in [-0.25, -0.2) is 4.68 Å². The van der Waals surface area contributed by atoms with E-state index in [-0.39, 0.29) is 11.6 Å². The summed E-state index contributed by atoms with van der Waals surface area (Å²) in [6, 6.07) is 0.213. The Labute approximate surface area is 127 Å². The first-order valence-electron chi connectivity index (χ1n) is 7.82. The van der Waals surface area contributed by atoms with E-state index in [1.54, 1.807) is 16.0 Å². The van der Waals surface area contributed by atoms with Gasteiger partial charge in [-0.2, -0.15) is 0 Å². The molecule has 1 fully saturated rings. The molecule has 5 nitrogen and oxygen atoms in total. The first kappa shape index (κ1) is 13.4. The summed E-state index contributed by atoms with van der Waals surface area (Å²) in [5, 5.41) is 9.47. The van der Waals surface area contributed by atoms with Crippen molar-refractivity contribution in [2.24, 2.45) is 0 Å². The summed E-state index contributed by atoms with van der Waals surface area (Å²) in [7, 11) is 2.13. The average Bonchev–Trinajstić information content (AvgIpc) is 2.88. The van der Waals surface area contributed by atoms with Crippen LogP contribution in [-0.2, 0) is 12.8 Å². The van der Waals surface area contributed by atoms with Crippen LogP contribution in [0.3, 0.4) is 0 Å². The molecule has 0 atom stereocenters. The number of aryl methyl sites for hydroxylation is 2.